The van der Waals surface area contributed by atoms with Gasteiger partial charge < -0.3 is 10.2 Å². The number of likely N-dealkylation sites (tertiary alicyclic amines) is 1. The molecule has 2 heterocycles. The van der Waals surface area contributed by atoms with Crippen molar-refractivity contribution in [2.75, 3.05) is 19.6 Å². The van der Waals surface area contributed by atoms with E-state index in [1.165, 1.54) is 12.8 Å². The van der Waals surface area contributed by atoms with Crippen molar-refractivity contribution < 1.29 is 4.79 Å². The van der Waals surface area contributed by atoms with Crippen LogP contribution in [-0.4, -0.2) is 36.5 Å². The van der Waals surface area contributed by atoms with Crippen LogP contribution in [0.3, 0.4) is 0 Å². The molecule has 0 bridgehead atoms. The van der Waals surface area contributed by atoms with Crippen LogP contribution < -0.4 is 5.32 Å². The normalized spacial score (nSPS) is 34.5. The average molecular weight is 182 g/mol. The van der Waals surface area contributed by atoms with Crippen LogP contribution >= 0.6 is 0 Å². The summed E-state index contributed by atoms with van der Waals surface area (Å²) in [6.45, 7) is 5.18. The fourth-order valence-electron chi connectivity index (χ4n) is 2.32. The van der Waals surface area contributed by atoms with E-state index in [-0.39, 0.29) is 0 Å². The number of hydrogen-bond donors (Lipinski definition) is 1. The number of amides is 1. The summed E-state index contributed by atoms with van der Waals surface area (Å²) in [5.74, 6) is 0.912. The maximum Gasteiger partial charge on any atom is 0.222 e. The molecule has 0 saturated carbocycles. The first-order valence-corrected chi connectivity index (χ1v) is 5.27. The van der Waals surface area contributed by atoms with E-state index in [1.54, 1.807) is 0 Å². The zero-order valence-corrected chi connectivity index (χ0v) is 8.25. The molecule has 2 rings (SSSR count). The highest BCUT2D eigenvalue weighted by atomic mass is 16.2. The van der Waals surface area contributed by atoms with Crippen LogP contribution in [0.15, 0.2) is 0 Å². The maximum absolute atomic E-state index is 11.5. The van der Waals surface area contributed by atoms with E-state index in [4.69, 9.17) is 0 Å². The van der Waals surface area contributed by atoms with Crippen LogP contribution in [0.2, 0.25) is 0 Å². The molecule has 13 heavy (non-hydrogen) atoms. The fraction of sp³-hybridized carbons (Fsp3) is 0.900. The van der Waals surface area contributed by atoms with Gasteiger partial charge in [0.05, 0.1) is 0 Å². The maximum atomic E-state index is 11.5. The predicted octanol–water partition coefficient (Wildman–Crippen LogP) is 0.607. The van der Waals surface area contributed by atoms with Crippen LogP contribution in [0.4, 0.5) is 0 Å². The Bertz CT molecular complexity index is 199. The van der Waals surface area contributed by atoms with Crippen molar-refractivity contribution in [3.63, 3.8) is 0 Å². The molecule has 2 atom stereocenters. The Hall–Kier alpha value is -0.570. The highest BCUT2D eigenvalue weighted by Crippen LogP contribution is 2.18. The van der Waals surface area contributed by atoms with Crippen molar-refractivity contribution in [2.45, 2.75) is 32.2 Å². The summed E-state index contributed by atoms with van der Waals surface area (Å²) in [7, 11) is 0. The lowest BCUT2D eigenvalue weighted by atomic mass is 10.2. The molecule has 0 spiro atoms. The van der Waals surface area contributed by atoms with Crippen LogP contribution in [-0.2, 0) is 4.79 Å². The van der Waals surface area contributed by atoms with Crippen molar-refractivity contribution in [3.05, 3.63) is 0 Å². The first-order valence-electron chi connectivity index (χ1n) is 5.27. The van der Waals surface area contributed by atoms with Gasteiger partial charge in [0.25, 0.3) is 0 Å². The lowest BCUT2D eigenvalue weighted by Gasteiger charge is -2.20. The van der Waals surface area contributed by atoms with Crippen molar-refractivity contribution in [2.24, 2.45) is 5.92 Å². The lowest BCUT2D eigenvalue weighted by molar-refractivity contribution is -0.128. The summed E-state index contributed by atoms with van der Waals surface area (Å²) < 4.78 is 0. The summed E-state index contributed by atoms with van der Waals surface area (Å²) in [6, 6.07) is 0.564. The minimum absolute atomic E-state index is 0.348. The van der Waals surface area contributed by atoms with Crippen LogP contribution in [0.25, 0.3) is 0 Å². The summed E-state index contributed by atoms with van der Waals surface area (Å²) in [5, 5.41) is 3.42. The van der Waals surface area contributed by atoms with E-state index < -0.39 is 0 Å². The van der Waals surface area contributed by atoms with E-state index in [2.05, 4.69) is 12.2 Å². The zero-order valence-electron chi connectivity index (χ0n) is 8.25. The Morgan fingerprint density at radius 3 is 3.00 bits per heavy atom. The molecule has 0 radical (unpaired) electrons. The van der Waals surface area contributed by atoms with E-state index in [9.17, 15) is 4.79 Å². The first-order chi connectivity index (χ1) is 6.25. The molecule has 74 valence electrons. The molecule has 0 aromatic heterocycles. The largest absolute Gasteiger partial charge is 0.341 e. The van der Waals surface area contributed by atoms with Gasteiger partial charge >= 0.3 is 0 Å². The molecule has 2 unspecified atom stereocenters. The first kappa shape index (κ1) is 9.00. The topological polar surface area (TPSA) is 32.3 Å². The third-order valence-electron chi connectivity index (χ3n) is 3.01. The Morgan fingerprint density at radius 2 is 2.46 bits per heavy atom. The van der Waals surface area contributed by atoms with Crippen molar-refractivity contribution >= 4 is 5.91 Å². The molecule has 2 fully saturated rings. The van der Waals surface area contributed by atoms with Gasteiger partial charge in [0.1, 0.15) is 0 Å². The van der Waals surface area contributed by atoms with E-state index in [0.29, 0.717) is 17.9 Å². The molecule has 2 aliphatic heterocycles. The summed E-state index contributed by atoms with van der Waals surface area (Å²) in [5.41, 5.74) is 0. The fourth-order valence-corrected chi connectivity index (χ4v) is 2.32. The second kappa shape index (κ2) is 3.66. The van der Waals surface area contributed by atoms with E-state index >= 15 is 0 Å². The number of rotatable bonds is 2. The molecule has 0 aromatic rings. The minimum Gasteiger partial charge on any atom is -0.341 e. The predicted molar refractivity (Wildman–Crippen MR) is 51.4 cm³/mol. The standard InChI is InChI=1S/C10H18N2O/c1-8-5-10(13)12(6-8)7-9-3-2-4-11-9/h8-9,11H,2-7H2,1H3. The summed E-state index contributed by atoms with van der Waals surface area (Å²) in [6.07, 6.45) is 3.26. The molecule has 0 aromatic carbocycles. The van der Waals surface area contributed by atoms with Gasteiger partial charge in [0.2, 0.25) is 5.91 Å². The monoisotopic (exact) mass is 182 g/mol. The van der Waals surface area contributed by atoms with Gasteiger partial charge in [-0.05, 0) is 25.3 Å². The Kier molecular flexibility index (Phi) is 2.54. The molecule has 2 aliphatic rings. The molecule has 1 amide bonds. The second-order valence-electron chi connectivity index (χ2n) is 4.40. The van der Waals surface area contributed by atoms with Crippen LogP contribution in [0.1, 0.15) is 26.2 Å². The number of hydrogen-bond acceptors (Lipinski definition) is 2. The van der Waals surface area contributed by atoms with Gasteiger partial charge in [-0.15, -0.1) is 0 Å². The van der Waals surface area contributed by atoms with Crippen molar-refractivity contribution in [1.29, 1.82) is 0 Å². The third kappa shape index (κ3) is 2.02. The number of nitrogens with one attached hydrogen (secondary N) is 1. The molecule has 1 N–H and O–H groups in total. The lowest BCUT2D eigenvalue weighted by Crippen LogP contribution is -2.38. The van der Waals surface area contributed by atoms with Crippen LogP contribution in [0.5, 0.6) is 0 Å². The van der Waals surface area contributed by atoms with Crippen LogP contribution in [0, 0.1) is 5.92 Å². The minimum atomic E-state index is 0.348. The zero-order chi connectivity index (χ0) is 9.26. The third-order valence-corrected chi connectivity index (χ3v) is 3.01. The smallest absolute Gasteiger partial charge is 0.222 e. The highest BCUT2D eigenvalue weighted by Gasteiger charge is 2.28. The molecular formula is C10H18N2O. The summed E-state index contributed by atoms with van der Waals surface area (Å²) >= 11 is 0. The van der Waals surface area contributed by atoms with E-state index in [1.807, 2.05) is 4.90 Å². The summed E-state index contributed by atoms with van der Waals surface area (Å²) in [4.78, 5) is 13.5. The highest BCUT2D eigenvalue weighted by molar-refractivity contribution is 5.78. The second-order valence-corrected chi connectivity index (χ2v) is 4.40. The quantitative estimate of drug-likeness (QED) is 0.678. The average Bonchev–Trinajstić information content (AvgIpc) is 2.63. The molecule has 3 nitrogen and oxygen atoms in total. The number of nitrogens with zero attached hydrogens (tertiary/aromatic N) is 1. The van der Waals surface area contributed by atoms with Gasteiger partial charge in [0.15, 0.2) is 0 Å². The van der Waals surface area contributed by atoms with Crippen molar-refractivity contribution in [1.82, 2.24) is 10.2 Å². The SMILES string of the molecule is CC1CC(=O)N(CC2CCCN2)C1. The van der Waals surface area contributed by atoms with Crippen molar-refractivity contribution in [3.8, 4) is 0 Å². The van der Waals surface area contributed by atoms with Gasteiger partial charge in [-0.2, -0.15) is 0 Å². The molecule has 0 aliphatic carbocycles. The molecular weight excluding hydrogens is 164 g/mol. The Labute approximate surface area is 79.5 Å². The Morgan fingerprint density at radius 1 is 1.62 bits per heavy atom. The number of carbonyl (C=O) groups excluding carboxylic acids is 1. The number of carbonyl (C=O) groups is 1. The Balaban J connectivity index is 1.83. The van der Waals surface area contributed by atoms with E-state index in [0.717, 1.165) is 26.1 Å². The van der Waals surface area contributed by atoms with Gasteiger partial charge in [-0.25, -0.2) is 0 Å². The van der Waals surface area contributed by atoms with Gasteiger partial charge in [0, 0.05) is 25.6 Å². The molecule has 2 saturated heterocycles. The van der Waals surface area contributed by atoms with Gasteiger partial charge in [-0.3, -0.25) is 4.79 Å². The molecule has 3 heteroatoms. The van der Waals surface area contributed by atoms with Gasteiger partial charge in [-0.1, -0.05) is 6.92 Å².